The second-order valence-corrected chi connectivity index (χ2v) is 3.00. The van der Waals surface area contributed by atoms with E-state index in [9.17, 15) is 4.79 Å². The first kappa shape index (κ1) is 11.3. The number of aliphatic carboxylic acids is 1. The van der Waals surface area contributed by atoms with Crippen LogP contribution < -0.4 is 11.1 Å². The number of hydrogen-bond donors (Lipinski definition) is 3. The largest absolute Gasteiger partial charge is 0.480 e. The lowest BCUT2D eigenvalue weighted by Crippen LogP contribution is -2.14. The normalized spacial score (nSPS) is 9.87. The van der Waals surface area contributed by atoms with Gasteiger partial charge in [-0.1, -0.05) is 0 Å². The summed E-state index contributed by atoms with van der Waals surface area (Å²) < 4.78 is 4.85. The van der Waals surface area contributed by atoms with Gasteiger partial charge in [0.05, 0.1) is 6.61 Å². The number of carboxylic acid groups (broad SMARTS) is 1. The van der Waals surface area contributed by atoms with Gasteiger partial charge in [0.1, 0.15) is 6.61 Å². The number of rotatable bonds is 6. The third-order valence-corrected chi connectivity index (χ3v) is 1.71. The van der Waals surface area contributed by atoms with Crippen LogP contribution in [-0.2, 0) is 9.53 Å². The van der Waals surface area contributed by atoms with E-state index in [1.54, 1.807) is 12.1 Å². The monoisotopic (exact) mass is 210 g/mol. The minimum Gasteiger partial charge on any atom is -0.480 e. The van der Waals surface area contributed by atoms with Crippen molar-refractivity contribution in [3.05, 3.63) is 24.3 Å². The van der Waals surface area contributed by atoms with Gasteiger partial charge in [-0.3, -0.25) is 0 Å². The van der Waals surface area contributed by atoms with Gasteiger partial charge in [0.15, 0.2) is 0 Å². The first-order chi connectivity index (χ1) is 7.18. The predicted octanol–water partition coefficient (Wildman–Crippen LogP) is 0.782. The molecular formula is C10H14N2O3. The highest BCUT2D eigenvalue weighted by Crippen LogP contribution is 2.09. The molecule has 82 valence electrons. The molecule has 1 aromatic rings. The number of hydrogen-bond acceptors (Lipinski definition) is 4. The Kier molecular flexibility index (Phi) is 4.43. The maximum Gasteiger partial charge on any atom is 0.329 e. The van der Waals surface area contributed by atoms with Crippen molar-refractivity contribution in [2.75, 3.05) is 30.8 Å². The van der Waals surface area contributed by atoms with E-state index in [-0.39, 0.29) is 6.61 Å². The van der Waals surface area contributed by atoms with Crippen LogP contribution in [0.2, 0.25) is 0 Å². The van der Waals surface area contributed by atoms with Crippen molar-refractivity contribution in [2.45, 2.75) is 0 Å². The summed E-state index contributed by atoms with van der Waals surface area (Å²) in [5, 5.41) is 11.4. The highest BCUT2D eigenvalue weighted by atomic mass is 16.5. The zero-order valence-corrected chi connectivity index (χ0v) is 8.27. The van der Waals surface area contributed by atoms with Crippen LogP contribution in [0, 0.1) is 0 Å². The summed E-state index contributed by atoms with van der Waals surface area (Å²) in [5.74, 6) is -0.956. The molecule has 15 heavy (non-hydrogen) atoms. The van der Waals surface area contributed by atoms with Gasteiger partial charge < -0.3 is 20.9 Å². The van der Waals surface area contributed by atoms with E-state index in [1.807, 2.05) is 12.1 Å². The van der Waals surface area contributed by atoms with Gasteiger partial charge in [-0.2, -0.15) is 0 Å². The number of nitrogen functional groups attached to an aromatic ring is 1. The van der Waals surface area contributed by atoms with E-state index < -0.39 is 5.97 Å². The van der Waals surface area contributed by atoms with Crippen LogP contribution in [0.15, 0.2) is 24.3 Å². The van der Waals surface area contributed by atoms with Crippen LogP contribution in [-0.4, -0.2) is 30.8 Å². The van der Waals surface area contributed by atoms with Crippen LogP contribution >= 0.6 is 0 Å². The maximum absolute atomic E-state index is 10.1. The van der Waals surface area contributed by atoms with Crippen LogP contribution in [0.5, 0.6) is 0 Å². The second-order valence-electron chi connectivity index (χ2n) is 3.00. The van der Waals surface area contributed by atoms with Crippen molar-refractivity contribution in [1.29, 1.82) is 0 Å². The third kappa shape index (κ3) is 4.87. The van der Waals surface area contributed by atoms with E-state index in [0.29, 0.717) is 18.8 Å². The zero-order chi connectivity index (χ0) is 11.1. The highest BCUT2D eigenvalue weighted by Gasteiger charge is 1.95. The molecule has 0 saturated heterocycles. The van der Waals surface area contributed by atoms with Crippen LogP contribution in [0.3, 0.4) is 0 Å². The molecule has 0 atom stereocenters. The number of ether oxygens (including phenoxy) is 1. The van der Waals surface area contributed by atoms with Gasteiger partial charge in [-0.15, -0.1) is 0 Å². The molecule has 5 nitrogen and oxygen atoms in total. The van der Waals surface area contributed by atoms with E-state index in [0.717, 1.165) is 5.69 Å². The molecule has 0 aromatic heterocycles. The Morgan fingerprint density at radius 3 is 2.67 bits per heavy atom. The number of benzene rings is 1. The molecule has 0 amide bonds. The molecule has 1 rings (SSSR count). The molecule has 0 bridgehead atoms. The smallest absolute Gasteiger partial charge is 0.329 e. The van der Waals surface area contributed by atoms with Gasteiger partial charge in [-0.05, 0) is 24.3 Å². The first-order valence-corrected chi connectivity index (χ1v) is 4.57. The number of nitrogens with two attached hydrogens (primary N) is 1. The quantitative estimate of drug-likeness (QED) is 0.477. The fourth-order valence-corrected chi connectivity index (χ4v) is 1.03. The number of nitrogens with one attached hydrogen (secondary N) is 1. The molecule has 0 aliphatic carbocycles. The summed E-state index contributed by atoms with van der Waals surface area (Å²) >= 11 is 0. The molecule has 0 fully saturated rings. The van der Waals surface area contributed by atoms with E-state index in [4.69, 9.17) is 15.6 Å². The summed E-state index contributed by atoms with van der Waals surface area (Å²) in [6.07, 6.45) is 0. The average Bonchev–Trinajstić information content (AvgIpc) is 2.20. The summed E-state index contributed by atoms with van der Waals surface area (Å²) in [6, 6.07) is 7.29. The molecule has 0 aliphatic rings. The van der Waals surface area contributed by atoms with Crippen molar-refractivity contribution in [3.8, 4) is 0 Å². The van der Waals surface area contributed by atoms with Crippen molar-refractivity contribution >= 4 is 17.3 Å². The molecule has 4 N–H and O–H groups in total. The topological polar surface area (TPSA) is 84.6 Å². The van der Waals surface area contributed by atoms with E-state index in [2.05, 4.69) is 5.32 Å². The minimum absolute atomic E-state index is 0.260. The zero-order valence-electron chi connectivity index (χ0n) is 8.27. The summed E-state index contributed by atoms with van der Waals surface area (Å²) in [7, 11) is 0. The molecule has 0 aliphatic heterocycles. The van der Waals surface area contributed by atoms with E-state index in [1.165, 1.54) is 0 Å². The van der Waals surface area contributed by atoms with Gasteiger partial charge in [-0.25, -0.2) is 4.79 Å². The Balaban J connectivity index is 2.15. The van der Waals surface area contributed by atoms with Gasteiger partial charge in [0.25, 0.3) is 0 Å². The SMILES string of the molecule is Nc1ccc(NCCOCC(=O)O)cc1. The minimum atomic E-state index is -0.956. The molecule has 0 spiro atoms. The Labute approximate surface area is 87.9 Å². The Bertz CT molecular complexity index is 311. The molecule has 1 aromatic carbocycles. The van der Waals surface area contributed by atoms with Crippen LogP contribution in [0.4, 0.5) is 11.4 Å². The number of carbonyl (C=O) groups is 1. The van der Waals surface area contributed by atoms with Crippen molar-refractivity contribution in [1.82, 2.24) is 0 Å². The van der Waals surface area contributed by atoms with Crippen molar-refractivity contribution in [3.63, 3.8) is 0 Å². The fourth-order valence-electron chi connectivity index (χ4n) is 1.03. The average molecular weight is 210 g/mol. The lowest BCUT2D eigenvalue weighted by molar-refractivity contribution is -0.142. The molecular weight excluding hydrogens is 196 g/mol. The number of anilines is 2. The van der Waals surface area contributed by atoms with Crippen molar-refractivity contribution in [2.24, 2.45) is 0 Å². The highest BCUT2D eigenvalue weighted by molar-refractivity contribution is 5.67. The van der Waals surface area contributed by atoms with Crippen LogP contribution in [0.25, 0.3) is 0 Å². The van der Waals surface area contributed by atoms with Crippen LogP contribution in [0.1, 0.15) is 0 Å². The standard InChI is InChI=1S/C10H14N2O3/c11-8-1-3-9(4-2-8)12-5-6-15-7-10(13)14/h1-4,12H,5-7,11H2,(H,13,14). The third-order valence-electron chi connectivity index (χ3n) is 1.71. The van der Waals surface area contributed by atoms with Crippen molar-refractivity contribution < 1.29 is 14.6 Å². The summed E-state index contributed by atoms with van der Waals surface area (Å²) in [5.41, 5.74) is 7.16. The predicted molar refractivity (Wildman–Crippen MR) is 57.8 cm³/mol. The molecule has 5 heteroatoms. The molecule has 0 heterocycles. The van der Waals surface area contributed by atoms with Gasteiger partial charge >= 0.3 is 5.97 Å². The molecule has 0 unspecified atom stereocenters. The first-order valence-electron chi connectivity index (χ1n) is 4.57. The Morgan fingerprint density at radius 2 is 2.07 bits per heavy atom. The molecule has 0 radical (unpaired) electrons. The van der Waals surface area contributed by atoms with E-state index >= 15 is 0 Å². The number of carboxylic acids is 1. The Hall–Kier alpha value is -1.75. The fraction of sp³-hybridized carbons (Fsp3) is 0.300. The maximum atomic E-state index is 10.1. The Morgan fingerprint density at radius 1 is 1.40 bits per heavy atom. The summed E-state index contributed by atoms with van der Waals surface area (Å²) in [4.78, 5) is 10.1. The summed E-state index contributed by atoms with van der Waals surface area (Å²) in [6.45, 7) is 0.664. The lowest BCUT2D eigenvalue weighted by Gasteiger charge is -2.06. The van der Waals surface area contributed by atoms with Gasteiger partial charge in [0.2, 0.25) is 0 Å². The molecule has 0 saturated carbocycles. The lowest BCUT2D eigenvalue weighted by atomic mass is 10.3. The second kappa shape index (κ2) is 5.87. The van der Waals surface area contributed by atoms with Gasteiger partial charge in [0, 0.05) is 17.9 Å².